The lowest BCUT2D eigenvalue weighted by atomic mass is 10.2. The normalized spacial score (nSPS) is 25.5. The number of carbonyl (C=O) groups excluding carboxylic acids is 1. The van der Waals surface area contributed by atoms with Crippen molar-refractivity contribution in [2.24, 2.45) is 5.10 Å². The lowest BCUT2D eigenvalue weighted by molar-refractivity contribution is -0.131. The topological polar surface area (TPSA) is 41.5 Å². The Morgan fingerprint density at radius 1 is 1.77 bits per heavy atom. The van der Waals surface area contributed by atoms with Crippen LogP contribution in [0.25, 0.3) is 0 Å². The van der Waals surface area contributed by atoms with Gasteiger partial charge in [-0.15, -0.1) is 0 Å². The van der Waals surface area contributed by atoms with Crippen LogP contribution in [0.15, 0.2) is 5.10 Å². The predicted molar refractivity (Wildman–Crippen MR) is 48.1 cm³/mol. The Morgan fingerprint density at radius 3 is 2.92 bits per heavy atom. The number of alkyl halides is 2. The summed E-state index contributed by atoms with van der Waals surface area (Å²) in [5.74, 6) is -0.401. The minimum absolute atomic E-state index is 0.220. The highest BCUT2D eigenvalue weighted by Gasteiger charge is 2.20. The standard InChI is InChI=1S/C7H10F2N2OS/c1-4-5(2-3-13-4)10-11-7(12)6(8)9/h4,6H,2-3H2,1H3,(H,11,12)/b10-5+. The second-order valence-electron chi connectivity index (χ2n) is 2.64. The fourth-order valence-electron chi connectivity index (χ4n) is 0.962. The fraction of sp³-hybridized carbons (Fsp3) is 0.714. The quantitative estimate of drug-likeness (QED) is 0.694. The average Bonchev–Trinajstić information content (AvgIpc) is 2.47. The Bertz CT molecular complexity index is 233. The summed E-state index contributed by atoms with van der Waals surface area (Å²) in [6, 6.07) is 0. The molecule has 1 saturated heterocycles. The van der Waals surface area contributed by atoms with Crippen molar-refractivity contribution in [3.8, 4) is 0 Å². The van der Waals surface area contributed by atoms with Gasteiger partial charge in [0.1, 0.15) is 0 Å². The summed E-state index contributed by atoms with van der Waals surface area (Å²) in [6.45, 7) is 1.94. The molecule has 0 bridgehead atoms. The van der Waals surface area contributed by atoms with Gasteiger partial charge in [0, 0.05) is 5.25 Å². The minimum Gasteiger partial charge on any atom is -0.266 e. The summed E-state index contributed by atoms with van der Waals surface area (Å²) in [7, 11) is 0. The molecule has 1 unspecified atom stereocenters. The first-order valence-corrected chi connectivity index (χ1v) is 4.92. The molecule has 0 aromatic heterocycles. The third kappa shape index (κ3) is 2.95. The lowest BCUT2D eigenvalue weighted by Gasteiger charge is -2.02. The average molecular weight is 208 g/mol. The maximum Gasteiger partial charge on any atom is 0.317 e. The molecule has 1 atom stereocenters. The third-order valence-corrected chi connectivity index (χ3v) is 2.92. The molecule has 6 heteroatoms. The van der Waals surface area contributed by atoms with Crippen LogP contribution in [0.2, 0.25) is 0 Å². The molecule has 0 radical (unpaired) electrons. The summed E-state index contributed by atoms with van der Waals surface area (Å²) in [6.07, 6.45) is -2.23. The van der Waals surface area contributed by atoms with E-state index in [0.717, 1.165) is 17.9 Å². The van der Waals surface area contributed by atoms with Crippen molar-refractivity contribution >= 4 is 23.4 Å². The van der Waals surface area contributed by atoms with E-state index >= 15 is 0 Å². The Hall–Kier alpha value is -0.650. The SMILES string of the molecule is CC1SCC/C1=N\NC(=O)C(F)F. The molecule has 1 N–H and O–H groups in total. The van der Waals surface area contributed by atoms with Crippen LogP contribution in [0.5, 0.6) is 0 Å². The Labute approximate surface area is 79.0 Å². The number of thioether (sulfide) groups is 1. The van der Waals surface area contributed by atoms with Crippen molar-refractivity contribution in [1.29, 1.82) is 0 Å². The van der Waals surface area contributed by atoms with Gasteiger partial charge in [-0.05, 0) is 19.1 Å². The number of rotatable bonds is 2. The Kier molecular flexibility index (Phi) is 3.65. The van der Waals surface area contributed by atoms with Crippen LogP contribution in [0.4, 0.5) is 8.78 Å². The smallest absolute Gasteiger partial charge is 0.266 e. The van der Waals surface area contributed by atoms with E-state index in [2.05, 4.69) is 5.10 Å². The highest BCUT2D eigenvalue weighted by molar-refractivity contribution is 8.01. The summed E-state index contributed by atoms with van der Waals surface area (Å²) in [5.41, 5.74) is 2.62. The van der Waals surface area contributed by atoms with E-state index in [4.69, 9.17) is 0 Å². The van der Waals surface area contributed by atoms with Gasteiger partial charge < -0.3 is 0 Å². The molecule has 0 saturated carbocycles. The number of carbonyl (C=O) groups is 1. The van der Waals surface area contributed by atoms with E-state index in [1.54, 1.807) is 11.8 Å². The van der Waals surface area contributed by atoms with Crippen molar-refractivity contribution in [1.82, 2.24) is 5.43 Å². The number of hydrazone groups is 1. The van der Waals surface area contributed by atoms with Gasteiger partial charge >= 0.3 is 12.3 Å². The van der Waals surface area contributed by atoms with Gasteiger partial charge in [0.2, 0.25) is 0 Å². The number of hydrogen-bond acceptors (Lipinski definition) is 3. The minimum atomic E-state index is -2.99. The molecule has 0 aliphatic carbocycles. The second kappa shape index (κ2) is 4.55. The maximum atomic E-state index is 11.7. The van der Waals surface area contributed by atoms with Crippen molar-refractivity contribution < 1.29 is 13.6 Å². The number of halogens is 2. The maximum absolute atomic E-state index is 11.7. The zero-order valence-electron chi connectivity index (χ0n) is 7.09. The molecular weight excluding hydrogens is 198 g/mol. The highest BCUT2D eigenvalue weighted by Crippen LogP contribution is 2.22. The molecule has 1 rings (SSSR count). The van der Waals surface area contributed by atoms with Gasteiger partial charge in [0.15, 0.2) is 0 Å². The molecule has 0 aromatic carbocycles. The Balaban J connectivity index is 2.43. The van der Waals surface area contributed by atoms with E-state index in [-0.39, 0.29) is 5.25 Å². The van der Waals surface area contributed by atoms with Crippen LogP contribution in [-0.4, -0.2) is 29.0 Å². The number of nitrogens with zero attached hydrogens (tertiary/aromatic N) is 1. The first kappa shape index (κ1) is 10.4. The summed E-state index contributed by atoms with van der Waals surface area (Å²) < 4.78 is 23.4. The molecule has 1 aliphatic heterocycles. The van der Waals surface area contributed by atoms with Gasteiger partial charge in [-0.25, -0.2) is 5.43 Å². The van der Waals surface area contributed by atoms with Crippen LogP contribution >= 0.6 is 11.8 Å². The highest BCUT2D eigenvalue weighted by atomic mass is 32.2. The molecule has 3 nitrogen and oxygen atoms in total. The molecule has 1 amide bonds. The van der Waals surface area contributed by atoms with Gasteiger partial charge in [-0.2, -0.15) is 25.6 Å². The van der Waals surface area contributed by atoms with Crippen LogP contribution in [0.1, 0.15) is 13.3 Å². The second-order valence-corrected chi connectivity index (χ2v) is 4.09. The van der Waals surface area contributed by atoms with E-state index in [9.17, 15) is 13.6 Å². The lowest BCUT2D eigenvalue weighted by Crippen LogP contribution is -2.27. The van der Waals surface area contributed by atoms with Crippen molar-refractivity contribution in [2.45, 2.75) is 25.0 Å². The molecule has 0 spiro atoms. The van der Waals surface area contributed by atoms with Gasteiger partial charge in [-0.1, -0.05) is 0 Å². The number of amides is 1. The summed E-state index contributed by atoms with van der Waals surface area (Å²) in [5, 5.41) is 3.86. The monoisotopic (exact) mass is 208 g/mol. The number of hydrogen-bond donors (Lipinski definition) is 1. The molecule has 13 heavy (non-hydrogen) atoms. The van der Waals surface area contributed by atoms with E-state index < -0.39 is 12.3 Å². The van der Waals surface area contributed by atoms with Gasteiger partial charge in [0.25, 0.3) is 0 Å². The Morgan fingerprint density at radius 2 is 2.46 bits per heavy atom. The third-order valence-electron chi connectivity index (χ3n) is 1.70. The summed E-state index contributed by atoms with van der Waals surface area (Å²) in [4.78, 5) is 10.4. The molecule has 0 aromatic rings. The summed E-state index contributed by atoms with van der Waals surface area (Å²) >= 11 is 1.70. The van der Waals surface area contributed by atoms with Crippen LogP contribution in [-0.2, 0) is 4.79 Å². The number of nitrogens with one attached hydrogen (secondary N) is 1. The van der Waals surface area contributed by atoms with Gasteiger partial charge in [-0.3, -0.25) is 4.79 Å². The van der Waals surface area contributed by atoms with Gasteiger partial charge in [0.05, 0.1) is 5.71 Å². The van der Waals surface area contributed by atoms with Crippen LogP contribution < -0.4 is 5.43 Å². The van der Waals surface area contributed by atoms with Crippen molar-refractivity contribution in [3.05, 3.63) is 0 Å². The first-order chi connectivity index (χ1) is 6.11. The van der Waals surface area contributed by atoms with Crippen molar-refractivity contribution in [2.75, 3.05) is 5.75 Å². The van der Waals surface area contributed by atoms with E-state index in [0.29, 0.717) is 0 Å². The molecular formula is C7H10F2N2OS. The van der Waals surface area contributed by atoms with Crippen LogP contribution in [0.3, 0.4) is 0 Å². The van der Waals surface area contributed by atoms with Crippen molar-refractivity contribution in [3.63, 3.8) is 0 Å². The largest absolute Gasteiger partial charge is 0.317 e. The van der Waals surface area contributed by atoms with Crippen LogP contribution in [0, 0.1) is 0 Å². The van der Waals surface area contributed by atoms with E-state index in [1.165, 1.54) is 0 Å². The zero-order chi connectivity index (χ0) is 9.84. The molecule has 1 heterocycles. The molecule has 1 aliphatic rings. The molecule has 1 fully saturated rings. The fourth-order valence-corrected chi connectivity index (χ4v) is 2.01. The molecule has 74 valence electrons. The zero-order valence-corrected chi connectivity index (χ0v) is 7.91. The predicted octanol–water partition coefficient (Wildman–Crippen LogP) is 1.25. The first-order valence-electron chi connectivity index (χ1n) is 3.87. The van der Waals surface area contributed by atoms with E-state index in [1.807, 2.05) is 12.3 Å².